The van der Waals surface area contributed by atoms with E-state index in [4.69, 9.17) is 4.74 Å². The van der Waals surface area contributed by atoms with E-state index in [1.165, 1.54) is 0 Å². The van der Waals surface area contributed by atoms with E-state index in [0.29, 0.717) is 11.8 Å². The van der Waals surface area contributed by atoms with Crippen molar-refractivity contribution in [3.8, 4) is 0 Å². The van der Waals surface area contributed by atoms with Crippen LogP contribution in [0.15, 0.2) is 11.6 Å². The lowest BCUT2D eigenvalue weighted by Gasteiger charge is -2.43. The number of ketones is 1. The minimum absolute atomic E-state index is 0.0254. The fourth-order valence-electron chi connectivity index (χ4n) is 4.23. The number of carbonyl (C=O) groups excluding carboxylic acids is 2. The van der Waals surface area contributed by atoms with Crippen molar-refractivity contribution < 1.29 is 14.3 Å². The molecule has 3 aliphatic rings. The molecule has 0 aromatic carbocycles. The van der Waals surface area contributed by atoms with Crippen LogP contribution in [-0.2, 0) is 14.3 Å². The van der Waals surface area contributed by atoms with Gasteiger partial charge in [0.15, 0.2) is 5.78 Å². The monoisotopic (exact) mass is 248 g/mol. The van der Waals surface area contributed by atoms with Gasteiger partial charge >= 0.3 is 5.97 Å². The lowest BCUT2D eigenvalue weighted by Crippen LogP contribution is -2.46. The molecule has 1 aliphatic heterocycles. The first-order chi connectivity index (χ1) is 8.45. The van der Waals surface area contributed by atoms with Gasteiger partial charge in [0.1, 0.15) is 5.60 Å². The van der Waals surface area contributed by atoms with Crippen LogP contribution in [0.5, 0.6) is 0 Å². The van der Waals surface area contributed by atoms with Gasteiger partial charge in [-0.15, -0.1) is 0 Å². The molecule has 0 bridgehead atoms. The second kappa shape index (κ2) is 3.69. The molecule has 2 fully saturated rings. The Balaban J connectivity index is 2.06. The topological polar surface area (TPSA) is 43.4 Å². The van der Waals surface area contributed by atoms with E-state index < -0.39 is 5.60 Å². The maximum atomic E-state index is 11.9. The Labute approximate surface area is 108 Å². The molecule has 0 aromatic rings. The van der Waals surface area contributed by atoms with Crippen molar-refractivity contribution >= 4 is 11.8 Å². The Bertz CT molecular complexity index is 451. The van der Waals surface area contributed by atoms with Crippen LogP contribution in [0.4, 0.5) is 0 Å². The summed E-state index contributed by atoms with van der Waals surface area (Å²) in [6, 6.07) is 0. The molecule has 1 spiro atoms. The molecule has 18 heavy (non-hydrogen) atoms. The van der Waals surface area contributed by atoms with Gasteiger partial charge in [-0.25, -0.2) is 0 Å². The average molecular weight is 248 g/mol. The molecule has 2 aliphatic carbocycles. The molecule has 0 radical (unpaired) electrons. The minimum atomic E-state index is -0.463. The molecular weight excluding hydrogens is 228 g/mol. The van der Waals surface area contributed by atoms with Crippen LogP contribution in [0, 0.1) is 23.7 Å². The summed E-state index contributed by atoms with van der Waals surface area (Å²) in [5, 5.41) is 0. The number of ether oxygens (including phenoxy) is 1. The zero-order chi connectivity index (χ0) is 13.1. The highest BCUT2D eigenvalue weighted by molar-refractivity contribution is 5.94. The van der Waals surface area contributed by atoms with Gasteiger partial charge in [0.2, 0.25) is 0 Å². The Morgan fingerprint density at radius 2 is 2.06 bits per heavy atom. The standard InChI is InChI=1S/C15H20O3/c1-8-4-5-12-9(2)14(17)18-15(12)7-11(10(3)16)6-13(8)15/h7-9,12-13H,4-6H2,1-3H3. The highest BCUT2D eigenvalue weighted by Crippen LogP contribution is 2.57. The maximum absolute atomic E-state index is 11.9. The zero-order valence-electron chi connectivity index (χ0n) is 11.2. The first-order valence-corrected chi connectivity index (χ1v) is 6.91. The molecule has 1 saturated heterocycles. The number of rotatable bonds is 1. The van der Waals surface area contributed by atoms with E-state index >= 15 is 0 Å². The van der Waals surface area contributed by atoms with E-state index in [-0.39, 0.29) is 23.6 Å². The lowest BCUT2D eigenvalue weighted by atomic mass is 9.63. The summed E-state index contributed by atoms with van der Waals surface area (Å²) in [6.07, 6.45) is 4.94. The fraction of sp³-hybridized carbons (Fsp3) is 0.733. The molecule has 1 heterocycles. The van der Waals surface area contributed by atoms with Crippen LogP contribution in [0.2, 0.25) is 0 Å². The van der Waals surface area contributed by atoms with Gasteiger partial charge in [0, 0.05) is 11.8 Å². The highest BCUT2D eigenvalue weighted by atomic mass is 16.6. The Morgan fingerprint density at radius 1 is 1.33 bits per heavy atom. The molecule has 98 valence electrons. The van der Waals surface area contributed by atoms with Gasteiger partial charge < -0.3 is 4.74 Å². The van der Waals surface area contributed by atoms with Crippen molar-refractivity contribution in [2.24, 2.45) is 23.7 Å². The third-order valence-corrected chi connectivity index (χ3v) is 5.32. The first-order valence-electron chi connectivity index (χ1n) is 6.91. The Kier molecular flexibility index (Phi) is 2.45. The number of allylic oxidation sites excluding steroid dienone is 1. The van der Waals surface area contributed by atoms with E-state index in [0.717, 1.165) is 24.8 Å². The molecule has 1 saturated carbocycles. The molecule has 0 aromatic heterocycles. The van der Waals surface area contributed by atoms with E-state index in [9.17, 15) is 9.59 Å². The Hall–Kier alpha value is -1.12. The molecule has 5 atom stereocenters. The molecule has 5 unspecified atom stereocenters. The van der Waals surface area contributed by atoms with Gasteiger partial charge in [-0.2, -0.15) is 0 Å². The predicted molar refractivity (Wildman–Crippen MR) is 66.7 cm³/mol. The Morgan fingerprint density at radius 3 is 2.72 bits per heavy atom. The maximum Gasteiger partial charge on any atom is 0.309 e. The normalized spacial score (nSPS) is 46.2. The van der Waals surface area contributed by atoms with E-state index in [1.807, 2.05) is 13.0 Å². The molecule has 3 rings (SSSR count). The average Bonchev–Trinajstić information content (AvgIpc) is 2.79. The summed E-state index contributed by atoms with van der Waals surface area (Å²) in [4.78, 5) is 23.6. The van der Waals surface area contributed by atoms with Gasteiger partial charge in [-0.3, -0.25) is 9.59 Å². The lowest BCUT2D eigenvalue weighted by molar-refractivity contribution is -0.153. The summed E-state index contributed by atoms with van der Waals surface area (Å²) in [5.74, 6) is 1.11. The molecule has 0 N–H and O–H groups in total. The predicted octanol–water partition coefficient (Wildman–Crippen LogP) is 2.50. The summed E-state index contributed by atoms with van der Waals surface area (Å²) in [5.41, 5.74) is 0.399. The van der Waals surface area contributed by atoms with Crippen molar-refractivity contribution in [1.82, 2.24) is 0 Å². The van der Waals surface area contributed by atoms with Gasteiger partial charge in [0.25, 0.3) is 0 Å². The van der Waals surface area contributed by atoms with E-state index in [1.54, 1.807) is 6.92 Å². The van der Waals surface area contributed by atoms with Crippen LogP contribution in [0.25, 0.3) is 0 Å². The smallest absolute Gasteiger partial charge is 0.309 e. The third kappa shape index (κ3) is 1.36. The van der Waals surface area contributed by atoms with Gasteiger partial charge in [-0.05, 0) is 43.8 Å². The van der Waals surface area contributed by atoms with Gasteiger partial charge in [0.05, 0.1) is 5.92 Å². The number of hydrogen-bond acceptors (Lipinski definition) is 3. The number of esters is 1. The molecular formula is C15H20O3. The zero-order valence-corrected chi connectivity index (χ0v) is 11.2. The number of hydrogen-bond donors (Lipinski definition) is 0. The van der Waals surface area contributed by atoms with Crippen LogP contribution in [-0.4, -0.2) is 17.4 Å². The quantitative estimate of drug-likeness (QED) is 0.670. The van der Waals surface area contributed by atoms with E-state index in [2.05, 4.69) is 6.92 Å². The van der Waals surface area contributed by atoms with Crippen molar-refractivity contribution in [3.63, 3.8) is 0 Å². The third-order valence-electron chi connectivity index (χ3n) is 5.32. The highest BCUT2D eigenvalue weighted by Gasteiger charge is 2.62. The van der Waals surface area contributed by atoms with Crippen LogP contribution in [0.1, 0.15) is 40.0 Å². The second-order valence-corrected chi connectivity index (χ2v) is 6.26. The van der Waals surface area contributed by atoms with Gasteiger partial charge in [-0.1, -0.05) is 13.8 Å². The first kappa shape index (κ1) is 11.9. The van der Waals surface area contributed by atoms with Crippen molar-refractivity contribution in [2.45, 2.75) is 45.6 Å². The van der Waals surface area contributed by atoms with Crippen LogP contribution in [0.3, 0.4) is 0 Å². The molecule has 3 nitrogen and oxygen atoms in total. The second-order valence-electron chi connectivity index (χ2n) is 6.26. The van der Waals surface area contributed by atoms with Crippen LogP contribution >= 0.6 is 0 Å². The van der Waals surface area contributed by atoms with Crippen molar-refractivity contribution in [2.75, 3.05) is 0 Å². The number of carbonyl (C=O) groups is 2. The fourth-order valence-corrected chi connectivity index (χ4v) is 4.23. The molecule has 3 heteroatoms. The largest absolute Gasteiger partial charge is 0.454 e. The summed E-state index contributed by atoms with van der Waals surface area (Å²) < 4.78 is 5.77. The van der Waals surface area contributed by atoms with Crippen molar-refractivity contribution in [3.05, 3.63) is 11.6 Å². The number of Topliss-reactive ketones (excluding diaryl/α,β-unsaturated/α-hetero) is 1. The van der Waals surface area contributed by atoms with Crippen LogP contribution < -0.4 is 0 Å². The summed E-state index contributed by atoms with van der Waals surface area (Å²) in [7, 11) is 0. The summed E-state index contributed by atoms with van der Waals surface area (Å²) in [6.45, 7) is 5.80. The minimum Gasteiger partial charge on any atom is -0.454 e. The van der Waals surface area contributed by atoms with Crippen molar-refractivity contribution in [1.29, 1.82) is 0 Å². The summed E-state index contributed by atoms with van der Waals surface area (Å²) >= 11 is 0. The SMILES string of the molecule is CC(=O)C1=CC23OC(=O)C(C)C2CCC(C)C3C1. The molecule has 0 amide bonds.